The molecule has 1 atom stereocenters. The number of nitrogens with zero attached hydrogens (tertiary/aromatic N) is 2. The first-order valence-electron chi connectivity index (χ1n) is 9.74. The van der Waals surface area contributed by atoms with Gasteiger partial charge in [-0.1, -0.05) is 30.7 Å². The van der Waals surface area contributed by atoms with Gasteiger partial charge in [0, 0.05) is 17.8 Å². The number of carbonyl (C=O) groups excluding carboxylic acids is 1. The second-order valence-electron chi connectivity index (χ2n) is 8.16. The molecular formula is C23H28ClN3O. The lowest BCUT2D eigenvalue weighted by Gasteiger charge is -2.47. The molecule has 0 radical (unpaired) electrons. The summed E-state index contributed by atoms with van der Waals surface area (Å²) in [5.41, 5.74) is 7.74. The van der Waals surface area contributed by atoms with Gasteiger partial charge < -0.3 is 4.90 Å². The van der Waals surface area contributed by atoms with E-state index in [1.807, 2.05) is 19.1 Å². The van der Waals surface area contributed by atoms with Gasteiger partial charge in [0.2, 0.25) is 0 Å². The van der Waals surface area contributed by atoms with Gasteiger partial charge in [-0.2, -0.15) is 5.10 Å². The van der Waals surface area contributed by atoms with E-state index >= 15 is 0 Å². The number of hydrogen-bond acceptors (Lipinski definition) is 3. The van der Waals surface area contributed by atoms with Crippen LogP contribution in [0.1, 0.15) is 67.1 Å². The molecule has 3 rings (SSSR count). The number of hydrazone groups is 1. The van der Waals surface area contributed by atoms with Crippen molar-refractivity contribution in [3.8, 4) is 0 Å². The Kier molecular flexibility index (Phi) is 5.80. The van der Waals surface area contributed by atoms with E-state index < -0.39 is 0 Å². The molecule has 1 N–H and O–H groups in total. The zero-order valence-corrected chi connectivity index (χ0v) is 18.0. The molecule has 0 aromatic heterocycles. The Hall–Kier alpha value is -2.33. The first-order valence-corrected chi connectivity index (χ1v) is 10.1. The third kappa shape index (κ3) is 4.07. The lowest BCUT2D eigenvalue weighted by molar-refractivity contribution is 0.0955. The average Bonchev–Trinajstić information content (AvgIpc) is 2.61. The SMILES string of the molecule is CCN1c2ccc(/C=N\NC(=O)c3ccc(C)cc3Cl)cc2[C@@H](C)CC1(C)C. The topological polar surface area (TPSA) is 44.7 Å². The summed E-state index contributed by atoms with van der Waals surface area (Å²) >= 11 is 6.15. The van der Waals surface area contributed by atoms with E-state index in [1.165, 1.54) is 11.3 Å². The van der Waals surface area contributed by atoms with E-state index in [1.54, 1.807) is 18.3 Å². The summed E-state index contributed by atoms with van der Waals surface area (Å²) in [5.74, 6) is 0.161. The van der Waals surface area contributed by atoms with Crippen LogP contribution in [0.3, 0.4) is 0 Å². The molecule has 148 valence electrons. The second-order valence-corrected chi connectivity index (χ2v) is 8.57. The van der Waals surface area contributed by atoms with Gasteiger partial charge >= 0.3 is 0 Å². The fourth-order valence-corrected chi connectivity index (χ4v) is 4.54. The molecule has 1 aliphatic rings. The first-order chi connectivity index (χ1) is 13.2. The molecule has 5 heteroatoms. The van der Waals surface area contributed by atoms with Crippen molar-refractivity contribution in [2.24, 2.45) is 5.10 Å². The van der Waals surface area contributed by atoms with Crippen LogP contribution in [0.2, 0.25) is 5.02 Å². The summed E-state index contributed by atoms with van der Waals surface area (Å²) in [5, 5.41) is 4.55. The molecule has 0 aliphatic carbocycles. The molecule has 1 amide bonds. The maximum atomic E-state index is 12.3. The fraction of sp³-hybridized carbons (Fsp3) is 0.391. The van der Waals surface area contributed by atoms with Crippen molar-refractivity contribution in [3.05, 3.63) is 63.7 Å². The smallest absolute Gasteiger partial charge is 0.272 e. The number of hydrogen-bond donors (Lipinski definition) is 1. The Bertz CT molecular complexity index is 920. The molecule has 0 saturated heterocycles. The Balaban J connectivity index is 1.77. The van der Waals surface area contributed by atoms with Crippen LogP contribution < -0.4 is 10.3 Å². The normalized spacial score (nSPS) is 18.2. The zero-order chi connectivity index (χ0) is 20.5. The number of carbonyl (C=O) groups is 1. The molecule has 1 aliphatic heterocycles. The zero-order valence-electron chi connectivity index (χ0n) is 17.2. The van der Waals surface area contributed by atoms with Gasteiger partial charge in [0.25, 0.3) is 5.91 Å². The quantitative estimate of drug-likeness (QED) is 0.545. The molecule has 2 aromatic carbocycles. The van der Waals surface area contributed by atoms with Crippen molar-refractivity contribution in [3.63, 3.8) is 0 Å². The summed E-state index contributed by atoms with van der Waals surface area (Å²) in [4.78, 5) is 14.8. The third-order valence-electron chi connectivity index (χ3n) is 5.47. The molecule has 0 saturated carbocycles. The molecule has 0 fully saturated rings. The molecule has 1 heterocycles. The predicted octanol–water partition coefficient (Wildman–Crippen LogP) is 5.52. The standard InChI is InChI=1S/C23H28ClN3O/c1-6-27-21-10-8-17(12-19(21)16(3)13-23(27,4)5)14-25-26-22(28)18-9-7-15(2)11-20(18)24/h7-12,14,16H,6,13H2,1-5H3,(H,26,28)/b25-14-/t16-/m0/s1. The monoisotopic (exact) mass is 397 g/mol. The van der Waals surface area contributed by atoms with Crippen molar-refractivity contribution in [2.45, 2.75) is 52.5 Å². The summed E-state index contributed by atoms with van der Waals surface area (Å²) in [7, 11) is 0. The highest BCUT2D eigenvalue weighted by molar-refractivity contribution is 6.33. The van der Waals surface area contributed by atoms with E-state index in [0.717, 1.165) is 24.1 Å². The van der Waals surface area contributed by atoms with Gasteiger partial charge in [0.1, 0.15) is 0 Å². The van der Waals surface area contributed by atoms with Crippen molar-refractivity contribution in [1.82, 2.24) is 5.43 Å². The van der Waals surface area contributed by atoms with Crippen LogP contribution in [0.4, 0.5) is 5.69 Å². The van der Waals surface area contributed by atoms with Crippen LogP contribution in [0.25, 0.3) is 0 Å². The highest BCUT2D eigenvalue weighted by atomic mass is 35.5. The highest BCUT2D eigenvalue weighted by Gasteiger charge is 2.35. The van der Waals surface area contributed by atoms with Gasteiger partial charge in [-0.15, -0.1) is 0 Å². The molecule has 0 unspecified atom stereocenters. The number of amides is 1. The van der Waals surface area contributed by atoms with Crippen molar-refractivity contribution < 1.29 is 4.79 Å². The fourth-order valence-electron chi connectivity index (χ4n) is 4.22. The highest BCUT2D eigenvalue weighted by Crippen LogP contribution is 2.43. The Labute approximate surface area is 172 Å². The minimum absolute atomic E-state index is 0.151. The van der Waals surface area contributed by atoms with Crippen LogP contribution in [-0.2, 0) is 0 Å². The van der Waals surface area contributed by atoms with E-state index in [9.17, 15) is 4.79 Å². The van der Waals surface area contributed by atoms with Gasteiger partial charge in [0.15, 0.2) is 0 Å². The van der Waals surface area contributed by atoms with Gasteiger partial charge in [-0.3, -0.25) is 4.79 Å². The van der Waals surface area contributed by atoms with Crippen LogP contribution in [0, 0.1) is 6.92 Å². The summed E-state index contributed by atoms with van der Waals surface area (Å²) in [6.45, 7) is 12.0. The molecule has 2 aromatic rings. The molecule has 28 heavy (non-hydrogen) atoms. The van der Waals surface area contributed by atoms with E-state index in [4.69, 9.17) is 11.6 Å². The van der Waals surface area contributed by atoms with Gasteiger partial charge in [-0.05, 0) is 81.0 Å². The number of aryl methyl sites for hydroxylation is 1. The minimum Gasteiger partial charge on any atom is -0.366 e. The Morgan fingerprint density at radius 1 is 1.32 bits per heavy atom. The molecule has 0 bridgehead atoms. The van der Waals surface area contributed by atoms with E-state index in [0.29, 0.717) is 16.5 Å². The van der Waals surface area contributed by atoms with Crippen molar-refractivity contribution in [2.75, 3.05) is 11.4 Å². The number of rotatable bonds is 4. The third-order valence-corrected chi connectivity index (χ3v) is 5.79. The van der Waals surface area contributed by atoms with Crippen LogP contribution in [-0.4, -0.2) is 24.2 Å². The number of halogens is 1. The number of anilines is 1. The first kappa shape index (κ1) is 20.4. The number of nitrogens with one attached hydrogen (secondary N) is 1. The van der Waals surface area contributed by atoms with Crippen molar-refractivity contribution in [1.29, 1.82) is 0 Å². The van der Waals surface area contributed by atoms with Crippen LogP contribution in [0.5, 0.6) is 0 Å². The predicted molar refractivity (Wildman–Crippen MR) is 118 cm³/mol. The Morgan fingerprint density at radius 2 is 2.07 bits per heavy atom. The van der Waals surface area contributed by atoms with Crippen LogP contribution in [0.15, 0.2) is 41.5 Å². The summed E-state index contributed by atoms with van der Waals surface area (Å²) < 4.78 is 0. The largest absolute Gasteiger partial charge is 0.366 e. The number of fused-ring (bicyclic) bond motifs is 1. The maximum absolute atomic E-state index is 12.3. The summed E-state index contributed by atoms with van der Waals surface area (Å²) in [6.07, 6.45) is 2.79. The lowest BCUT2D eigenvalue weighted by atomic mass is 9.79. The van der Waals surface area contributed by atoms with E-state index in [-0.39, 0.29) is 11.4 Å². The summed E-state index contributed by atoms with van der Waals surface area (Å²) in [6, 6.07) is 11.7. The van der Waals surface area contributed by atoms with Gasteiger partial charge in [0.05, 0.1) is 16.8 Å². The number of benzene rings is 2. The second kappa shape index (κ2) is 7.96. The minimum atomic E-state index is -0.313. The molecular weight excluding hydrogens is 370 g/mol. The molecule has 4 nitrogen and oxygen atoms in total. The molecule has 0 spiro atoms. The van der Waals surface area contributed by atoms with E-state index in [2.05, 4.69) is 55.3 Å². The van der Waals surface area contributed by atoms with Crippen molar-refractivity contribution >= 4 is 29.4 Å². The Morgan fingerprint density at radius 3 is 2.75 bits per heavy atom. The average molecular weight is 398 g/mol. The van der Waals surface area contributed by atoms with Gasteiger partial charge in [-0.25, -0.2) is 5.43 Å². The lowest BCUT2D eigenvalue weighted by Crippen LogP contribution is -2.48. The maximum Gasteiger partial charge on any atom is 0.272 e. The van der Waals surface area contributed by atoms with Crippen LogP contribution >= 0.6 is 11.6 Å².